The first kappa shape index (κ1) is 13.4. The summed E-state index contributed by atoms with van der Waals surface area (Å²) in [5.41, 5.74) is -0.902. The van der Waals surface area contributed by atoms with E-state index in [0.29, 0.717) is 10.6 Å². The van der Waals surface area contributed by atoms with Gasteiger partial charge in [-0.1, -0.05) is 19.1 Å². The predicted octanol–water partition coefficient (Wildman–Crippen LogP) is 3.22. The fraction of sp³-hybridized carbons (Fsp3) is 0.400. The van der Waals surface area contributed by atoms with Gasteiger partial charge in [0.15, 0.2) is 5.69 Å². The molecule has 0 atom stereocenters. The molecule has 94 valence electrons. The highest BCUT2D eigenvalue weighted by molar-refractivity contribution is 5.51. The molecule has 0 bridgehead atoms. The highest BCUT2D eigenvalue weighted by Crippen LogP contribution is 2.30. The second kappa shape index (κ2) is 4.68. The number of aromatic nitrogens is 3. The summed E-state index contributed by atoms with van der Waals surface area (Å²) in [5.74, 6) is -0.958. The van der Waals surface area contributed by atoms with Gasteiger partial charge >= 0.3 is 6.18 Å². The van der Waals surface area contributed by atoms with Crippen molar-refractivity contribution in [3.8, 4) is 0 Å². The standard InChI is InChI=1S/C8H5F4N3.C2H6/c1-4-6-2-5(9)3-7(8(10,11)12)15(6)14-13-4;1-2/h2-3H,1H3;1-2H3. The van der Waals surface area contributed by atoms with Crippen LogP contribution in [0.4, 0.5) is 17.6 Å². The number of halogens is 4. The largest absolute Gasteiger partial charge is 0.433 e. The summed E-state index contributed by atoms with van der Waals surface area (Å²) < 4.78 is 50.9. The molecule has 3 nitrogen and oxygen atoms in total. The van der Waals surface area contributed by atoms with E-state index in [0.717, 1.165) is 6.07 Å². The number of aryl methyl sites for hydroxylation is 1. The highest BCUT2D eigenvalue weighted by atomic mass is 19.4. The maximum absolute atomic E-state index is 12.9. The van der Waals surface area contributed by atoms with Gasteiger partial charge in [0.05, 0.1) is 11.2 Å². The molecule has 0 aliphatic rings. The normalized spacial score (nSPS) is 11.2. The Labute approximate surface area is 95.1 Å². The van der Waals surface area contributed by atoms with Gasteiger partial charge < -0.3 is 0 Å². The zero-order valence-corrected chi connectivity index (χ0v) is 9.51. The van der Waals surface area contributed by atoms with Gasteiger partial charge in [0.25, 0.3) is 0 Å². The van der Waals surface area contributed by atoms with Crippen molar-refractivity contribution in [3.63, 3.8) is 0 Å². The predicted molar refractivity (Wildman–Crippen MR) is 54.0 cm³/mol. The Morgan fingerprint density at radius 1 is 1.18 bits per heavy atom. The van der Waals surface area contributed by atoms with Crippen LogP contribution >= 0.6 is 0 Å². The van der Waals surface area contributed by atoms with E-state index >= 15 is 0 Å². The van der Waals surface area contributed by atoms with Crippen LogP contribution in [0.25, 0.3) is 5.52 Å². The Morgan fingerprint density at radius 2 is 1.76 bits per heavy atom. The molecule has 0 spiro atoms. The van der Waals surface area contributed by atoms with E-state index in [1.165, 1.54) is 6.92 Å². The molecule has 0 aliphatic carbocycles. The van der Waals surface area contributed by atoms with Gasteiger partial charge in [0.2, 0.25) is 0 Å². The average Bonchev–Trinajstić information content (AvgIpc) is 2.61. The molecule has 2 aromatic heterocycles. The molecule has 0 aromatic carbocycles. The van der Waals surface area contributed by atoms with Crippen LogP contribution in [0.2, 0.25) is 0 Å². The van der Waals surface area contributed by atoms with Crippen LogP contribution in [0.5, 0.6) is 0 Å². The molecule has 2 heterocycles. The van der Waals surface area contributed by atoms with Crippen molar-refractivity contribution in [2.24, 2.45) is 0 Å². The van der Waals surface area contributed by atoms with Gasteiger partial charge in [-0.05, 0) is 6.92 Å². The third-order valence-corrected chi connectivity index (χ3v) is 1.95. The number of nitrogens with zero attached hydrogens (tertiary/aromatic N) is 3. The molecule has 0 aliphatic heterocycles. The Bertz CT molecular complexity index is 516. The van der Waals surface area contributed by atoms with Crippen molar-refractivity contribution < 1.29 is 17.6 Å². The monoisotopic (exact) mass is 249 g/mol. The number of hydrogen-bond donors (Lipinski definition) is 0. The van der Waals surface area contributed by atoms with Gasteiger partial charge in [0.1, 0.15) is 5.82 Å². The van der Waals surface area contributed by atoms with E-state index in [4.69, 9.17) is 0 Å². The van der Waals surface area contributed by atoms with Crippen molar-refractivity contribution in [1.29, 1.82) is 0 Å². The number of pyridine rings is 1. The van der Waals surface area contributed by atoms with E-state index in [2.05, 4.69) is 10.3 Å². The molecule has 0 saturated heterocycles. The number of alkyl halides is 3. The Kier molecular flexibility index (Phi) is 3.69. The fourth-order valence-electron chi connectivity index (χ4n) is 1.27. The molecule has 0 radical (unpaired) electrons. The minimum Gasteiger partial charge on any atom is -0.208 e. The zero-order valence-electron chi connectivity index (χ0n) is 9.51. The zero-order chi connectivity index (χ0) is 13.2. The van der Waals surface area contributed by atoms with Crippen LogP contribution in [-0.2, 0) is 6.18 Å². The number of rotatable bonds is 0. The van der Waals surface area contributed by atoms with Crippen molar-refractivity contribution in [1.82, 2.24) is 14.8 Å². The molecule has 0 N–H and O–H groups in total. The van der Waals surface area contributed by atoms with Gasteiger partial charge in [0, 0.05) is 12.1 Å². The molecule has 2 aromatic rings. The van der Waals surface area contributed by atoms with Gasteiger partial charge in [-0.2, -0.15) is 13.2 Å². The molecule has 0 amide bonds. The third-order valence-electron chi connectivity index (χ3n) is 1.95. The van der Waals surface area contributed by atoms with Gasteiger partial charge in [-0.15, -0.1) is 5.10 Å². The van der Waals surface area contributed by atoms with Crippen LogP contribution in [0.3, 0.4) is 0 Å². The van der Waals surface area contributed by atoms with Crippen LogP contribution in [0, 0.1) is 12.7 Å². The van der Waals surface area contributed by atoms with Gasteiger partial charge in [-0.25, -0.2) is 8.91 Å². The fourth-order valence-corrected chi connectivity index (χ4v) is 1.27. The lowest BCUT2D eigenvalue weighted by atomic mass is 10.3. The molecule has 2 rings (SSSR count). The van der Waals surface area contributed by atoms with Crippen LogP contribution < -0.4 is 0 Å². The summed E-state index contributed by atoms with van der Waals surface area (Å²) in [6.45, 7) is 5.46. The summed E-state index contributed by atoms with van der Waals surface area (Å²) in [6.07, 6.45) is -4.65. The topological polar surface area (TPSA) is 30.2 Å². The van der Waals surface area contributed by atoms with Crippen molar-refractivity contribution in [2.75, 3.05) is 0 Å². The molecule has 0 unspecified atom stereocenters. The molecule has 0 fully saturated rings. The van der Waals surface area contributed by atoms with Crippen molar-refractivity contribution in [2.45, 2.75) is 26.9 Å². The molecule has 17 heavy (non-hydrogen) atoms. The Morgan fingerprint density at radius 3 is 2.29 bits per heavy atom. The minimum atomic E-state index is -4.65. The third kappa shape index (κ3) is 2.54. The Hall–Kier alpha value is -1.66. The average molecular weight is 249 g/mol. The maximum Gasteiger partial charge on any atom is 0.433 e. The van der Waals surface area contributed by atoms with E-state index in [1.807, 2.05) is 13.8 Å². The summed E-state index contributed by atoms with van der Waals surface area (Å²) in [6, 6.07) is 1.35. The van der Waals surface area contributed by atoms with E-state index in [1.54, 1.807) is 0 Å². The second-order valence-corrected chi connectivity index (χ2v) is 3.03. The second-order valence-electron chi connectivity index (χ2n) is 3.03. The number of fused-ring (bicyclic) bond motifs is 1. The first-order chi connectivity index (χ1) is 7.89. The highest BCUT2D eigenvalue weighted by Gasteiger charge is 2.35. The molecule has 0 saturated carbocycles. The quantitative estimate of drug-likeness (QED) is 0.671. The van der Waals surface area contributed by atoms with E-state index in [9.17, 15) is 17.6 Å². The van der Waals surface area contributed by atoms with Crippen LogP contribution in [0.15, 0.2) is 12.1 Å². The van der Waals surface area contributed by atoms with E-state index in [-0.39, 0.29) is 11.2 Å². The lowest BCUT2D eigenvalue weighted by Crippen LogP contribution is -2.13. The van der Waals surface area contributed by atoms with Crippen LogP contribution in [0.1, 0.15) is 25.2 Å². The summed E-state index contributed by atoms with van der Waals surface area (Å²) in [7, 11) is 0. The summed E-state index contributed by atoms with van der Waals surface area (Å²) in [4.78, 5) is 0. The summed E-state index contributed by atoms with van der Waals surface area (Å²) >= 11 is 0. The maximum atomic E-state index is 12.9. The van der Waals surface area contributed by atoms with Crippen molar-refractivity contribution >= 4 is 5.52 Å². The SMILES string of the molecule is CC.Cc1nnn2c(C(F)(F)F)cc(F)cc12. The number of hydrogen-bond acceptors (Lipinski definition) is 2. The minimum absolute atomic E-state index is 0.0160. The van der Waals surface area contributed by atoms with Crippen LogP contribution in [-0.4, -0.2) is 14.8 Å². The molecule has 7 heteroatoms. The first-order valence-corrected chi connectivity index (χ1v) is 4.98. The lowest BCUT2D eigenvalue weighted by molar-refractivity contribution is -0.142. The first-order valence-electron chi connectivity index (χ1n) is 4.98. The smallest absolute Gasteiger partial charge is 0.208 e. The summed E-state index contributed by atoms with van der Waals surface area (Å²) in [5, 5.41) is 6.76. The lowest BCUT2D eigenvalue weighted by Gasteiger charge is -2.08. The Balaban J connectivity index is 0.000000686. The molecular weight excluding hydrogens is 238 g/mol. The molecular formula is C10H11F4N3. The van der Waals surface area contributed by atoms with Crippen molar-refractivity contribution in [3.05, 3.63) is 29.3 Å². The van der Waals surface area contributed by atoms with E-state index < -0.39 is 17.7 Å². The van der Waals surface area contributed by atoms with Gasteiger partial charge in [-0.3, -0.25) is 0 Å².